The van der Waals surface area contributed by atoms with E-state index in [2.05, 4.69) is 15.8 Å². The van der Waals surface area contributed by atoms with E-state index in [1.807, 2.05) is 20.8 Å². The van der Waals surface area contributed by atoms with Crippen molar-refractivity contribution in [1.29, 1.82) is 0 Å². The van der Waals surface area contributed by atoms with Gasteiger partial charge in [0.1, 0.15) is 5.76 Å². The lowest BCUT2D eigenvalue weighted by Crippen LogP contribution is -2.43. The van der Waals surface area contributed by atoms with Crippen molar-refractivity contribution in [3.05, 3.63) is 11.8 Å². The number of rotatable bonds is 7. The van der Waals surface area contributed by atoms with Crippen molar-refractivity contribution in [2.75, 3.05) is 25.5 Å². The minimum absolute atomic E-state index is 0.0937. The van der Waals surface area contributed by atoms with E-state index in [1.54, 1.807) is 24.9 Å². The van der Waals surface area contributed by atoms with Gasteiger partial charge in [-0.25, -0.2) is 0 Å². The Morgan fingerprint density at radius 3 is 2.43 bits per heavy atom. The molecule has 1 atom stereocenters. The van der Waals surface area contributed by atoms with Crippen LogP contribution in [0.1, 0.15) is 26.5 Å². The van der Waals surface area contributed by atoms with Crippen molar-refractivity contribution in [1.82, 2.24) is 15.4 Å². The highest BCUT2D eigenvalue weighted by molar-refractivity contribution is 5.91. The average Bonchev–Trinajstić information content (AvgIpc) is 2.73. The molecule has 1 heterocycles. The van der Waals surface area contributed by atoms with E-state index >= 15 is 0 Å². The van der Waals surface area contributed by atoms with Crippen LogP contribution in [0.15, 0.2) is 10.6 Å². The summed E-state index contributed by atoms with van der Waals surface area (Å²) < 4.78 is 4.86. The monoisotopic (exact) mass is 296 g/mol. The van der Waals surface area contributed by atoms with Crippen molar-refractivity contribution in [3.63, 3.8) is 0 Å². The molecule has 1 aromatic heterocycles. The molecule has 0 aromatic carbocycles. The van der Waals surface area contributed by atoms with Gasteiger partial charge in [0, 0.05) is 12.1 Å². The van der Waals surface area contributed by atoms with Gasteiger partial charge in [-0.2, -0.15) is 0 Å². The normalized spacial score (nSPS) is 12.5. The Hall–Kier alpha value is -1.89. The Kier molecular flexibility index (Phi) is 6.36. The molecule has 0 aliphatic heterocycles. The zero-order valence-electron chi connectivity index (χ0n) is 13.3. The van der Waals surface area contributed by atoms with Crippen LogP contribution < -0.4 is 10.6 Å². The smallest absolute Gasteiger partial charge is 0.239 e. The Morgan fingerprint density at radius 1 is 1.29 bits per heavy atom. The number of hydrogen-bond donors (Lipinski definition) is 2. The van der Waals surface area contributed by atoms with Gasteiger partial charge >= 0.3 is 0 Å². The largest absolute Gasteiger partial charge is 0.360 e. The molecule has 0 saturated carbocycles. The molecule has 0 saturated heterocycles. The molecular formula is C14H24N4O3. The number of nitrogens with zero attached hydrogens (tertiary/aromatic N) is 2. The van der Waals surface area contributed by atoms with Crippen LogP contribution >= 0.6 is 0 Å². The third kappa shape index (κ3) is 6.40. The van der Waals surface area contributed by atoms with Gasteiger partial charge in [-0.1, -0.05) is 19.0 Å². The number of likely N-dealkylation sites (N-methyl/N-ethyl adjacent to an activating group) is 1. The van der Waals surface area contributed by atoms with E-state index in [0.29, 0.717) is 17.5 Å². The summed E-state index contributed by atoms with van der Waals surface area (Å²) in [6.07, 6.45) is 0. The van der Waals surface area contributed by atoms with Crippen LogP contribution in [0.3, 0.4) is 0 Å². The second-order valence-electron chi connectivity index (χ2n) is 5.64. The molecule has 118 valence electrons. The number of carbonyl (C=O) groups is 2. The maximum Gasteiger partial charge on any atom is 0.239 e. The molecule has 1 aromatic rings. The van der Waals surface area contributed by atoms with E-state index in [-0.39, 0.29) is 30.9 Å². The first-order valence-corrected chi connectivity index (χ1v) is 6.99. The lowest BCUT2D eigenvalue weighted by atomic mass is 10.1. The second kappa shape index (κ2) is 7.78. The van der Waals surface area contributed by atoms with Crippen LogP contribution in [-0.4, -0.2) is 48.0 Å². The van der Waals surface area contributed by atoms with Gasteiger partial charge in [-0.3, -0.25) is 14.5 Å². The van der Waals surface area contributed by atoms with E-state index in [9.17, 15) is 9.59 Å². The third-order valence-corrected chi connectivity index (χ3v) is 3.11. The summed E-state index contributed by atoms with van der Waals surface area (Å²) in [7, 11) is 1.72. The van der Waals surface area contributed by atoms with Crippen LogP contribution in [0, 0.1) is 12.8 Å². The van der Waals surface area contributed by atoms with Crippen LogP contribution in [0.2, 0.25) is 0 Å². The quantitative estimate of drug-likeness (QED) is 0.784. The molecule has 2 amide bonds. The predicted octanol–water partition coefficient (Wildman–Crippen LogP) is 1.01. The fourth-order valence-electron chi connectivity index (χ4n) is 1.62. The zero-order chi connectivity index (χ0) is 16.0. The molecule has 0 radical (unpaired) electrons. The summed E-state index contributed by atoms with van der Waals surface area (Å²) in [5.74, 6) is 1.04. The van der Waals surface area contributed by atoms with E-state index in [0.717, 1.165) is 0 Å². The second-order valence-corrected chi connectivity index (χ2v) is 5.64. The summed E-state index contributed by atoms with van der Waals surface area (Å²) in [4.78, 5) is 25.2. The van der Waals surface area contributed by atoms with Gasteiger partial charge in [0.15, 0.2) is 5.82 Å². The lowest BCUT2D eigenvalue weighted by Gasteiger charge is -2.20. The van der Waals surface area contributed by atoms with Crippen molar-refractivity contribution >= 4 is 17.6 Å². The number of aromatic nitrogens is 1. The highest BCUT2D eigenvalue weighted by atomic mass is 16.5. The molecule has 21 heavy (non-hydrogen) atoms. The molecule has 0 bridgehead atoms. The molecule has 1 rings (SSSR count). The maximum absolute atomic E-state index is 11.8. The summed E-state index contributed by atoms with van der Waals surface area (Å²) in [6.45, 7) is 8.07. The van der Waals surface area contributed by atoms with Crippen molar-refractivity contribution in [2.24, 2.45) is 5.92 Å². The molecule has 1 unspecified atom stereocenters. The number of anilines is 1. The molecule has 7 heteroatoms. The predicted molar refractivity (Wildman–Crippen MR) is 79.8 cm³/mol. The Morgan fingerprint density at radius 2 is 1.90 bits per heavy atom. The molecule has 0 aliphatic rings. The summed E-state index contributed by atoms with van der Waals surface area (Å²) in [5.41, 5.74) is 0. The van der Waals surface area contributed by atoms with Gasteiger partial charge in [-0.05, 0) is 26.8 Å². The van der Waals surface area contributed by atoms with Gasteiger partial charge in [-0.15, -0.1) is 0 Å². The minimum atomic E-state index is -0.240. The first-order valence-electron chi connectivity index (χ1n) is 6.99. The molecule has 0 spiro atoms. The van der Waals surface area contributed by atoms with Crippen molar-refractivity contribution in [3.8, 4) is 0 Å². The molecule has 0 fully saturated rings. The number of amides is 2. The van der Waals surface area contributed by atoms with Crippen LogP contribution in [0.25, 0.3) is 0 Å². The standard InChI is InChI=1S/C14H24N4O3/c1-9(2)11(4)15-13(19)7-18(5)8-14(20)16-12-6-10(3)21-17-12/h6,9,11H,7-8H2,1-5H3,(H,15,19)(H,16,17,20). The van der Waals surface area contributed by atoms with Gasteiger partial charge in [0.05, 0.1) is 13.1 Å². The van der Waals surface area contributed by atoms with Gasteiger partial charge < -0.3 is 15.2 Å². The molecular weight excluding hydrogens is 272 g/mol. The number of aryl methyl sites for hydroxylation is 1. The summed E-state index contributed by atoms with van der Waals surface area (Å²) >= 11 is 0. The fourth-order valence-corrected chi connectivity index (χ4v) is 1.62. The highest BCUT2D eigenvalue weighted by Gasteiger charge is 2.15. The van der Waals surface area contributed by atoms with Crippen LogP contribution in [0.4, 0.5) is 5.82 Å². The number of nitrogens with one attached hydrogen (secondary N) is 2. The topological polar surface area (TPSA) is 87.5 Å². The lowest BCUT2D eigenvalue weighted by molar-refractivity contribution is -0.123. The molecule has 7 nitrogen and oxygen atoms in total. The SMILES string of the molecule is Cc1cc(NC(=O)CN(C)CC(=O)NC(C)C(C)C)no1. The Labute approximate surface area is 125 Å². The summed E-state index contributed by atoms with van der Waals surface area (Å²) in [6, 6.07) is 1.74. The molecule has 2 N–H and O–H groups in total. The van der Waals surface area contributed by atoms with Crippen molar-refractivity contribution < 1.29 is 14.1 Å². The third-order valence-electron chi connectivity index (χ3n) is 3.11. The maximum atomic E-state index is 11.8. The molecule has 0 aliphatic carbocycles. The first kappa shape index (κ1) is 17.2. The van der Waals surface area contributed by atoms with E-state index in [1.165, 1.54) is 0 Å². The van der Waals surface area contributed by atoms with Gasteiger partial charge in [0.2, 0.25) is 11.8 Å². The fraction of sp³-hybridized carbons (Fsp3) is 0.643. The Bertz CT molecular complexity index is 484. The highest BCUT2D eigenvalue weighted by Crippen LogP contribution is 2.06. The summed E-state index contributed by atoms with van der Waals surface area (Å²) in [5, 5.41) is 9.18. The average molecular weight is 296 g/mol. The van der Waals surface area contributed by atoms with Crippen LogP contribution in [0.5, 0.6) is 0 Å². The number of carbonyl (C=O) groups excluding carboxylic acids is 2. The van der Waals surface area contributed by atoms with E-state index < -0.39 is 0 Å². The van der Waals surface area contributed by atoms with Gasteiger partial charge in [0.25, 0.3) is 0 Å². The first-order chi connectivity index (χ1) is 9.77. The number of hydrogen-bond acceptors (Lipinski definition) is 5. The van der Waals surface area contributed by atoms with E-state index in [4.69, 9.17) is 4.52 Å². The van der Waals surface area contributed by atoms with Crippen molar-refractivity contribution in [2.45, 2.75) is 33.7 Å². The van der Waals surface area contributed by atoms with Crippen LogP contribution in [-0.2, 0) is 9.59 Å². The zero-order valence-corrected chi connectivity index (χ0v) is 13.3. The minimum Gasteiger partial charge on any atom is -0.360 e. The Balaban J connectivity index is 2.34.